The molecule has 2 unspecified atom stereocenters. The molecule has 5 nitrogen and oxygen atoms in total. The Morgan fingerprint density at radius 2 is 2.60 bits per heavy atom. The van der Waals surface area contributed by atoms with Gasteiger partial charge < -0.3 is 5.73 Å². The molecule has 1 fully saturated rings. The SMILES string of the molecule is [N-]=[N+]=NC1CC1CC(N)=O. The summed E-state index contributed by atoms with van der Waals surface area (Å²) >= 11 is 0. The predicted molar refractivity (Wildman–Crippen MR) is 34.9 cm³/mol. The zero-order chi connectivity index (χ0) is 7.56. The number of hydrogen-bond donors (Lipinski definition) is 1. The fraction of sp³-hybridized carbons (Fsp3) is 0.800. The fourth-order valence-electron chi connectivity index (χ4n) is 0.917. The highest BCUT2D eigenvalue weighted by Gasteiger charge is 2.36. The summed E-state index contributed by atoms with van der Waals surface area (Å²) in [5.41, 5.74) is 12.9. The molecule has 0 bridgehead atoms. The average Bonchev–Trinajstić information content (AvgIpc) is 2.47. The van der Waals surface area contributed by atoms with E-state index in [2.05, 4.69) is 10.0 Å². The van der Waals surface area contributed by atoms with E-state index >= 15 is 0 Å². The van der Waals surface area contributed by atoms with Gasteiger partial charge >= 0.3 is 0 Å². The van der Waals surface area contributed by atoms with Gasteiger partial charge in [0.05, 0.1) is 0 Å². The number of carbonyl (C=O) groups is 1. The summed E-state index contributed by atoms with van der Waals surface area (Å²) in [5, 5.41) is 3.44. The van der Waals surface area contributed by atoms with Crippen molar-refractivity contribution in [2.45, 2.75) is 18.9 Å². The lowest BCUT2D eigenvalue weighted by atomic mass is 10.3. The van der Waals surface area contributed by atoms with E-state index in [1.807, 2.05) is 0 Å². The molecule has 0 spiro atoms. The van der Waals surface area contributed by atoms with Crippen LogP contribution in [-0.4, -0.2) is 11.9 Å². The minimum absolute atomic E-state index is 0.0255. The van der Waals surface area contributed by atoms with Crippen LogP contribution in [0.15, 0.2) is 5.11 Å². The molecule has 1 aliphatic rings. The zero-order valence-corrected chi connectivity index (χ0v) is 5.40. The van der Waals surface area contributed by atoms with Crippen molar-refractivity contribution in [1.29, 1.82) is 0 Å². The van der Waals surface area contributed by atoms with Crippen LogP contribution in [-0.2, 0) is 4.79 Å². The molecule has 0 aromatic rings. The number of hydrogen-bond acceptors (Lipinski definition) is 2. The van der Waals surface area contributed by atoms with Crippen LogP contribution in [0.25, 0.3) is 10.4 Å². The van der Waals surface area contributed by atoms with Crippen LogP contribution in [0.4, 0.5) is 0 Å². The monoisotopic (exact) mass is 140 g/mol. The summed E-state index contributed by atoms with van der Waals surface area (Å²) in [6.45, 7) is 0. The van der Waals surface area contributed by atoms with Gasteiger partial charge in [0.25, 0.3) is 0 Å². The second-order valence-electron chi connectivity index (χ2n) is 2.44. The van der Waals surface area contributed by atoms with Crippen LogP contribution in [0, 0.1) is 5.92 Å². The first-order valence-corrected chi connectivity index (χ1v) is 3.06. The maximum Gasteiger partial charge on any atom is 0.217 e. The van der Waals surface area contributed by atoms with Gasteiger partial charge in [-0.25, -0.2) is 0 Å². The van der Waals surface area contributed by atoms with Gasteiger partial charge in [-0.1, -0.05) is 5.11 Å². The highest BCUT2D eigenvalue weighted by Crippen LogP contribution is 2.36. The zero-order valence-electron chi connectivity index (χ0n) is 5.40. The molecule has 2 N–H and O–H groups in total. The average molecular weight is 140 g/mol. The first-order valence-electron chi connectivity index (χ1n) is 3.06. The fourth-order valence-corrected chi connectivity index (χ4v) is 0.917. The van der Waals surface area contributed by atoms with E-state index < -0.39 is 0 Å². The molecule has 0 aromatic heterocycles. The van der Waals surface area contributed by atoms with Crippen LogP contribution >= 0.6 is 0 Å². The second-order valence-corrected chi connectivity index (χ2v) is 2.44. The van der Waals surface area contributed by atoms with E-state index in [0.717, 1.165) is 6.42 Å². The van der Waals surface area contributed by atoms with Gasteiger partial charge in [-0.3, -0.25) is 4.79 Å². The number of nitrogens with zero attached hydrogens (tertiary/aromatic N) is 3. The molecule has 0 saturated heterocycles. The molecular weight excluding hydrogens is 132 g/mol. The number of primary amides is 1. The van der Waals surface area contributed by atoms with E-state index in [9.17, 15) is 4.79 Å². The number of azide groups is 1. The van der Waals surface area contributed by atoms with Crippen LogP contribution < -0.4 is 5.73 Å². The molecule has 10 heavy (non-hydrogen) atoms. The van der Waals surface area contributed by atoms with Gasteiger partial charge in [0.1, 0.15) is 0 Å². The third kappa shape index (κ3) is 1.63. The number of rotatable bonds is 3. The number of amides is 1. The van der Waals surface area contributed by atoms with Gasteiger partial charge in [-0.15, -0.1) is 0 Å². The Bertz CT molecular complexity index is 196. The van der Waals surface area contributed by atoms with Crippen molar-refractivity contribution in [1.82, 2.24) is 0 Å². The Kier molecular flexibility index (Phi) is 1.78. The van der Waals surface area contributed by atoms with Crippen LogP contribution in [0.1, 0.15) is 12.8 Å². The van der Waals surface area contributed by atoms with E-state index in [0.29, 0.717) is 6.42 Å². The van der Waals surface area contributed by atoms with Crippen molar-refractivity contribution in [2.75, 3.05) is 0 Å². The smallest absolute Gasteiger partial charge is 0.217 e. The maximum atomic E-state index is 10.3. The Labute approximate surface area is 57.8 Å². The minimum atomic E-state index is -0.319. The summed E-state index contributed by atoms with van der Waals surface area (Å²) in [6, 6.07) is 0.0255. The molecule has 54 valence electrons. The molecule has 1 saturated carbocycles. The molecule has 0 heterocycles. The van der Waals surface area contributed by atoms with Crippen molar-refractivity contribution in [3.05, 3.63) is 10.4 Å². The quantitative estimate of drug-likeness (QED) is 0.346. The summed E-state index contributed by atoms with van der Waals surface area (Å²) in [4.78, 5) is 12.9. The molecule has 1 rings (SSSR count). The second kappa shape index (κ2) is 2.58. The topological polar surface area (TPSA) is 91.8 Å². The van der Waals surface area contributed by atoms with Crippen LogP contribution in [0.5, 0.6) is 0 Å². The third-order valence-corrected chi connectivity index (χ3v) is 1.55. The van der Waals surface area contributed by atoms with E-state index in [1.54, 1.807) is 0 Å². The number of carbonyl (C=O) groups excluding carboxylic acids is 1. The summed E-state index contributed by atoms with van der Waals surface area (Å²) in [5.74, 6) is -0.103. The molecule has 1 amide bonds. The predicted octanol–water partition coefficient (Wildman–Crippen LogP) is 0.561. The van der Waals surface area contributed by atoms with Gasteiger partial charge in [0.15, 0.2) is 0 Å². The van der Waals surface area contributed by atoms with Gasteiger partial charge in [-0.05, 0) is 17.9 Å². The maximum absolute atomic E-state index is 10.3. The van der Waals surface area contributed by atoms with Crippen LogP contribution in [0.3, 0.4) is 0 Å². The van der Waals surface area contributed by atoms with Crippen LogP contribution in [0.2, 0.25) is 0 Å². The van der Waals surface area contributed by atoms with Crippen molar-refractivity contribution < 1.29 is 4.79 Å². The molecule has 0 radical (unpaired) electrons. The first-order chi connectivity index (χ1) is 4.74. The summed E-state index contributed by atoms with van der Waals surface area (Å²) in [7, 11) is 0. The Balaban J connectivity index is 2.25. The van der Waals surface area contributed by atoms with E-state index in [4.69, 9.17) is 11.3 Å². The largest absolute Gasteiger partial charge is 0.370 e. The highest BCUT2D eigenvalue weighted by molar-refractivity contribution is 5.74. The van der Waals surface area contributed by atoms with Gasteiger partial charge in [0, 0.05) is 17.4 Å². The molecule has 2 atom stereocenters. The molecule has 0 aliphatic heterocycles. The van der Waals surface area contributed by atoms with Gasteiger partial charge in [-0.2, -0.15) is 0 Å². The lowest BCUT2D eigenvalue weighted by molar-refractivity contribution is -0.118. The molecule has 5 heteroatoms. The van der Waals surface area contributed by atoms with Gasteiger partial charge in [0.2, 0.25) is 5.91 Å². The number of nitrogens with two attached hydrogens (primary N) is 1. The first kappa shape index (κ1) is 6.89. The van der Waals surface area contributed by atoms with Crippen molar-refractivity contribution in [3.8, 4) is 0 Å². The van der Waals surface area contributed by atoms with E-state index in [1.165, 1.54) is 0 Å². The third-order valence-electron chi connectivity index (χ3n) is 1.55. The van der Waals surface area contributed by atoms with E-state index in [-0.39, 0.29) is 17.9 Å². The van der Waals surface area contributed by atoms with Crippen molar-refractivity contribution in [3.63, 3.8) is 0 Å². The summed E-state index contributed by atoms with van der Waals surface area (Å²) in [6.07, 6.45) is 1.16. The molecular formula is C5H8N4O. The molecule has 0 aromatic carbocycles. The highest BCUT2D eigenvalue weighted by atomic mass is 16.1. The lowest BCUT2D eigenvalue weighted by Gasteiger charge is -1.87. The Hall–Kier alpha value is -1.22. The normalized spacial score (nSPS) is 28.8. The summed E-state index contributed by atoms with van der Waals surface area (Å²) < 4.78 is 0. The van der Waals surface area contributed by atoms with Crippen molar-refractivity contribution in [2.24, 2.45) is 16.8 Å². The Morgan fingerprint density at radius 1 is 1.90 bits per heavy atom. The standard InChI is InChI=1S/C5H8N4O/c6-5(10)2-3-1-4(3)8-9-7/h3-4H,1-2H2,(H2,6,10). The minimum Gasteiger partial charge on any atom is -0.370 e. The Morgan fingerprint density at radius 3 is 3.10 bits per heavy atom. The van der Waals surface area contributed by atoms with Crippen molar-refractivity contribution >= 4 is 5.91 Å². The molecule has 1 aliphatic carbocycles. The lowest BCUT2D eigenvalue weighted by Crippen LogP contribution is -2.11.